The van der Waals surface area contributed by atoms with Crippen LogP contribution in [0.25, 0.3) is 5.76 Å². The fourth-order valence-corrected chi connectivity index (χ4v) is 4.98. The van der Waals surface area contributed by atoms with Crippen LogP contribution in [0.4, 0.5) is 0 Å². The maximum Gasteiger partial charge on any atom is 0.295 e. The van der Waals surface area contributed by atoms with E-state index in [1.165, 1.54) is 0 Å². The van der Waals surface area contributed by atoms with Gasteiger partial charge in [-0.25, -0.2) is 0 Å². The van der Waals surface area contributed by atoms with E-state index in [1.807, 2.05) is 38.1 Å². The van der Waals surface area contributed by atoms with Crippen LogP contribution in [0.5, 0.6) is 11.5 Å². The van der Waals surface area contributed by atoms with E-state index in [2.05, 4.69) is 11.5 Å². The number of aryl methyl sites for hydroxylation is 1. The van der Waals surface area contributed by atoms with Gasteiger partial charge >= 0.3 is 0 Å². The number of amides is 1. The Labute approximate surface area is 230 Å². The molecule has 0 spiro atoms. The fourth-order valence-electron chi connectivity index (χ4n) is 4.98. The lowest BCUT2D eigenvalue weighted by Gasteiger charge is -2.29. The molecule has 0 radical (unpaired) electrons. The zero-order valence-electron chi connectivity index (χ0n) is 22.9. The van der Waals surface area contributed by atoms with Crippen molar-refractivity contribution in [1.29, 1.82) is 0 Å². The molecule has 1 amide bonds. The summed E-state index contributed by atoms with van der Waals surface area (Å²) in [7, 11) is 0. The SMILES string of the molecule is C=CCOc1ccc(C(O)=C2C(=O)C(=O)N(CCCN3CCOCC3)C2c2ccc(OCCC)cc2)cc1C. The lowest BCUT2D eigenvalue weighted by molar-refractivity contribution is -0.140. The summed E-state index contributed by atoms with van der Waals surface area (Å²) >= 11 is 0. The molecule has 8 nitrogen and oxygen atoms in total. The highest BCUT2D eigenvalue weighted by Gasteiger charge is 2.45. The number of carbonyl (C=O) groups is 2. The van der Waals surface area contributed by atoms with Gasteiger partial charge in [0.05, 0.1) is 31.4 Å². The number of benzene rings is 2. The van der Waals surface area contributed by atoms with Crippen LogP contribution in [-0.2, 0) is 14.3 Å². The smallest absolute Gasteiger partial charge is 0.295 e. The average molecular weight is 535 g/mol. The minimum Gasteiger partial charge on any atom is -0.507 e. The molecule has 2 heterocycles. The Balaban J connectivity index is 1.66. The molecule has 4 rings (SSSR count). The summed E-state index contributed by atoms with van der Waals surface area (Å²) in [6.45, 7) is 12.8. The number of Topliss-reactive ketones (excluding diaryl/α,β-unsaturated/α-hetero) is 1. The Kier molecular flexibility index (Phi) is 9.79. The molecule has 2 saturated heterocycles. The van der Waals surface area contributed by atoms with E-state index in [4.69, 9.17) is 14.2 Å². The van der Waals surface area contributed by atoms with E-state index in [1.54, 1.807) is 29.2 Å². The number of ketones is 1. The fraction of sp³-hybridized carbons (Fsp3) is 0.419. The molecular formula is C31H38N2O6. The van der Waals surface area contributed by atoms with E-state index in [9.17, 15) is 14.7 Å². The summed E-state index contributed by atoms with van der Waals surface area (Å²) in [4.78, 5) is 30.6. The maximum atomic E-state index is 13.4. The van der Waals surface area contributed by atoms with Crippen molar-refractivity contribution in [2.45, 2.75) is 32.7 Å². The number of carbonyl (C=O) groups excluding carboxylic acids is 2. The monoisotopic (exact) mass is 534 g/mol. The maximum absolute atomic E-state index is 13.4. The number of hydrogen-bond acceptors (Lipinski definition) is 7. The van der Waals surface area contributed by atoms with E-state index < -0.39 is 17.7 Å². The van der Waals surface area contributed by atoms with E-state index in [0.717, 1.165) is 42.9 Å². The molecule has 39 heavy (non-hydrogen) atoms. The van der Waals surface area contributed by atoms with Crippen LogP contribution in [0.3, 0.4) is 0 Å². The molecule has 2 aromatic carbocycles. The first-order valence-electron chi connectivity index (χ1n) is 13.6. The molecule has 1 N–H and O–H groups in total. The summed E-state index contributed by atoms with van der Waals surface area (Å²) < 4.78 is 16.8. The second-order valence-electron chi connectivity index (χ2n) is 9.80. The summed E-state index contributed by atoms with van der Waals surface area (Å²) in [5, 5.41) is 11.4. The molecule has 208 valence electrons. The first kappa shape index (κ1) is 28.4. The van der Waals surface area contributed by atoms with Crippen LogP contribution in [0.1, 0.15) is 42.5 Å². The van der Waals surface area contributed by atoms with Crippen LogP contribution in [-0.4, -0.2) is 79.2 Å². The van der Waals surface area contributed by atoms with Crippen LogP contribution in [0.15, 0.2) is 60.7 Å². The number of rotatable bonds is 12. The number of likely N-dealkylation sites (tertiary alicyclic amines) is 1. The minimum atomic E-state index is -0.702. The topological polar surface area (TPSA) is 88.5 Å². The number of hydrogen-bond donors (Lipinski definition) is 1. The number of ether oxygens (including phenoxy) is 3. The third-order valence-electron chi connectivity index (χ3n) is 6.99. The van der Waals surface area contributed by atoms with Crippen LogP contribution in [0, 0.1) is 6.92 Å². The van der Waals surface area contributed by atoms with Gasteiger partial charge in [-0.05, 0) is 61.2 Å². The predicted molar refractivity (Wildman–Crippen MR) is 150 cm³/mol. The highest BCUT2D eigenvalue weighted by Crippen LogP contribution is 2.40. The van der Waals surface area contributed by atoms with Gasteiger partial charge < -0.3 is 24.2 Å². The standard InChI is InChI=1S/C31H38N2O6/c1-4-17-38-25-10-7-23(8-11-25)28-27(29(34)24-9-12-26(22(3)21-24)39-18-5-2)30(35)31(36)33(28)14-6-13-32-15-19-37-20-16-32/h5,7-12,21,28,34H,2,4,6,13-20H2,1,3H3. The van der Waals surface area contributed by atoms with E-state index in [0.29, 0.717) is 50.7 Å². The Morgan fingerprint density at radius 1 is 1.10 bits per heavy atom. The number of aliphatic hydroxyl groups is 1. The third-order valence-corrected chi connectivity index (χ3v) is 6.99. The molecule has 1 unspecified atom stereocenters. The molecule has 2 aliphatic rings. The summed E-state index contributed by atoms with van der Waals surface area (Å²) in [6, 6.07) is 11.9. The molecule has 0 saturated carbocycles. The van der Waals surface area contributed by atoms with Gasteiger partial charge in [-0.3, -0.25) is 14.5 Å². The van der Waals surface area contributed by atoms with Crippen LogP contribution >= 0.6 is 0 Å². The lowest BCUT2D eigenvalue weighted by Crippen LogP contribution is -2.38. The van der Waals surface area contributed by atoms with Crippen molar-refractivity contribution in [3.8, 4) is 11.5 Å². The highest BCUT2D eigenvalue weighted by atomic mass is 16.5. The van der Waals surface area contributed by atoms with Gasteiger partial charge in [0.25, 0.3) is 11.7 Å². The quantitative estimate of drug-likeness (QED) is 0.186. The second kappa shape index (κ2) is 13.4. The molecule has 0 bridgehead atoms. The first-order chi connectivity index (χ1) is 18.9. The molecular weight excluding hydrogens is 496 g/mol. The molecule has 2 fully saturated rings. The van der Waals surface area contributed by atoms with Gasteiger partial charge in [0, 0.05) is 31.7 Å². The molecule has 8 heteroatoms. The molecule has 0 aromatic heterocycles. The third kappa shape index (κ3) is 6.69. The highest BCUT2D eigenvalue weighted by molar-refractivity contribution is 6.46. The Hall–Kier alpha value is -3.62. The first-order valence-corrected chi connectivity index (χ1v) is 13.6. The van der Waals surface area contributed by atoms with Crippen molar-refractivity contribution in [1.82, 2.24) is 9.80 Å². The van der Waals surface area contributed by atoms with Crippen LogP contribution < -0.4 is 9.47 Å². The van der Waals surface area contributed by atoms with Gasteiger partial charge in [0.2, 0.25) is 0 Å². The number of morpholine rings is 1. The van der Waals surface area contributed by atoms with Gasteiger partial charge in [0.1, 0.15) is 23.9 Å². The van der Waals surface area contributed by atoms with Crippen LogP contribution in [0.2, 0.25) is 0 Å². The Morgan fingerprint density at radius 2 is 1.85 bits per heavy atom. The number of nitrogens with zero attached hydrogens (tertiary/aromatic N) is 2. The normalized spacial score (nSPS) is 19.3. The summed E-state index contributed by atoms with van der Waals surface area (Å²) in [5.74, 6) is -0.0964. The van der Waals surface area contributed by atoms with E-state index >= 15 is 0 Å². The van der Waals surface area contributed by atoms with Crippen molar-refractivity contribution in [2.75, 3.05) is 52.6 Å². The van der Waals surface area contributed by atoms with Gasteiger partial charge in [0.15, 0.2) is 0 Å². The van der Waals surface area contributed by atoms with Gasteiger partial charge in [-0.1, -0.05) is 31.7 Å². The molecule has 1 atom stereocenters. The molecule has 0 aliphatic carbocycles. The molecule has 2 aliphatic heterocycles. The predicted octanol–water partition coefficient (Wildman–Crippen LogP) is 4.49. The Bertz CT molecular complexity index is 1200. The van der Waals surface area contributed by atoms with E-state index in [-0.39, 0.29) is 11.3 Å². The largest absolute Gasteiger partial charge is 0.507 e. The second-order valence-corrected chi connectivity index (χ2v) is 9.80. The minimum absolute atomic E-state index is 0.0905. The van der Waals surface area contributed by atoms with Crippen molar-refractivity contribution < 1.29 is 28.9 Å². The van der Waals surface area contributed by atoms with Crippen molar-refractivity contribution in [3.05, 3.63) is 77.4 Å². The zero-order chi connectivity index (χ0) is 27.8. The lowest BCUT2D eigenvalue weighted by atomic mass is 9.94. The number of aliphatic hydroxyl groups excluding tert-OH is 1. The van der Waals surface area contributed by atoms with Crippen molar-refractivity contribution >= 4 is 17.4 Å². The summed E-state index contributed by atoms with van der Waals surface area (Å²) in [6.07, 6.45) is 3.25. The zero-order valence-corrected chi connectivity index (χ0v) is 22.9. The Morgan fingerprint density at radius 3 is 2.51 bits per heavy atom. The van der Waals surface area contributed by atoms with Crippen molar-refractivity contribution in [2.24, 2.45) is 0 Å². The average Bonchev–Trinajstić information content (AvgIpc) is 3.21. The molecule has 2 aromatic rings. The van der Waals surface area contributed by atoms with Gasteiger partial charge in [-0.2, -0.15) is 0 Å². The van der Waals surface area contributed by atoms with Gasteiger partial charge in [-0.15, -0.1) is 0 Å². The summed E-state index contributed by atoms with van der Waals surface area (Å²) in [5.41, 5.74) is 2.09. The van der Waals surface area contributed by atoms with Crippen molar-refractivity contribution in [3.63, 3.8) is 0 Å².